The fraction of sp³-hybridized carbons (Fsp3) is 1.00. The van der Waals surface area contributed by atoms with Gasteiger partial charge in [-0.2, -0.15) is 0 Å². The molecule has 2 rings (SSSR count). The summed E-state index contributed by atoms with van der Waals surface area (Å²) in [4.78, 5) is 12.7. The van der Waals surface area contributed by atoms with Gasteiger partial charge in [0, 0.05) is 13.7 Å². The van der Waals surface area contributed by atoms with Crippen LogP contribution in [0.3, 0.4) is 0 Å². The number of methoxy groups -OCH3 is 1. The zero-order valence-corrected chi connectivity index (χ0v) is 35.5. The Morgan fingerprint density at radius 1 is 0.625 bits per heavy atom. The molecule has 0 radical (unpaired) electrons. The molecular weight excluding hydrogens is 757 g/mol. The lowest BCUT2D eigenvalue weighted by molar-refractivity contribution is -0.324. The molecule has 17 nitrogen and oxygen atoms in total. The maximum atomic E-state index is 12.7. The molecule has 0 spiro atoms. The first-order valence-corrected chi connectivity index (χ1v) is 22.4. The summed E-state index contributed by atoms with van der Waals surface area (Å²) >= 11 is 0. The lowest BCUT2D eigenvalue weighted by Crippen LogP contribution is -2.61. The summed E-state index contributed by atoms with van der Waals surface area (Å²) in [5, 5.41) is 70.3. The van der Waals surface area contributed by atoms with Crippen molar-refractivity contribution in [2.24, 2.45) is 0 Å². The van der Waals surface area contributed by atoms with E-state index in [2.05, 4.69) is 32.6 Å². The molecule has 0 bridgehead atoms. The van der Waals surface area contributed by atoms with Gasteiger partial charge in [-0.1, -0.05) is 111 Å². The van der Waals surface area contributed by atoms with Gasteiger partial charge >= 0.3 is 7.82 Å². The van der Waals surface area contributed by atoms with Crippen molar-refractivity contribution in [3.05, 3.63) is 0 Å². The molecule has 0 saturated carbocycles. The van der Waals surface area contributed by atoms with E-state index in [0.29, 0.717) is 6.61 Å². The van der Waals surface area contributed by atoms with E-state index < -0.39 is 95.2 Å². The number of phosphoric ester groups is 1. The molecule has 0 aromatic heterocycles. The first kappa shape index (κ1) is 53.6. The number of unbranched alkanes of at least 4 members (excludes halogenated alkanes) is 13. The van der Waals surface area contributed by atoms with Crippen molar-refractivity contribution < 1.29 is 77.9 Å². The summed E-state index contributed by atoms with van der Waals surface area (Å²) < 4.78 is 49.5. The minimum absolute atomic E-state index is 0.0970. The van der Waals surface area contributed by atoms with Crippen LogP contribution >= 0.6 is 7.82 Å². The Labute approximate surface area is 335 Å². The third-order valence-electron chi connectivity index (χ3n) is 10.2. The molecule has 8 N–H and O–H groups in total. The highest BCUT2D eigenvalue weighted by molar-refractivity contribution is 7.47. The van der Waals surface area contributed by atoms with Crippen LogP contribution < -0.4 is 0 Å². The van der Waals surface area contributed by atoms with E-state index in [4.69, 9.17) is 32.7 Å². The lowest BCUT2D eigenvalue weighted by Gasteiger charge is -2.42. The highest BCUT2D eigenvalue weighted by Gasteiger charge is 2.49. The first-order valence-electron chi connectivity index (χ1n) is 20.9. The van der Waals surface area contributed by atoms with Crippen LogP contribution in [-0.4, -0.2) is 173 Å². The van der Waals surface area contributed by atoms with Gasteiger partial charge in [0.15, 0.2) is 12.6 Å². The number of rotatable bonds is 30. The summed E-state index contributed by atoms with van der Waals surface area (Å²) in [5.41, 5.74) is 0. The van der Waals surface area contributed by atoms with E-state index in [0.717, 1.165) is 19.3 Å². The maximum Gasteiger partial charge on any atom is 0.474 e. The highest BCUT2D eigenvalue weighted by Crippen LogP contribution is 2.46. The second kappa shape index (κ2) is 31.5. The van der Waals surface area contributed by atoms with Crippen LogP contribution in [0.1, 0.15) is 118 Å². The molecule has 0 aliphatic carbocycles. The predicted octanol–water partition coefficient (Wildman–Crippen LogP) is 2.61. The first-order chi connectivity index (χ1) is 26.8. The highest BCUT2D eigenvalue weighted by atomic mass is 31.2. The number of aliphatic hydroxyl groups is 7. The van der Waals surface area contributed by atoms with Crippen LogP contribution in [0, 0.1) is 0 Å². The van der Waals surface area contributed by atoms with Gasteiger partial charge < -0.3 is 69.2 Å². The van der Waals surface area contributed by atoms with Crippen LogP contribution in [0.15, 0.2) is 0 Å². The molecule has 56 heavy (non-hydrogen) atoms. The van der Waals surface area contributed by atoms with Crippen LogP contribution in [0.4, 0.5) is 0 Å². The molecule has 3 unspecified atom stereocenters. The fourth-order valence-electron chi connectivity index (χ4n) is 6.34. The Hall–Kier alpha value is -0.410. The Balaban J connectivity index is 0.00000203. The molecule has 2 saturated heterocycles. The Morgan fingerprint density at radius 2 is 1.09 bits per heavy atom. The minimum atomic E-state index is -4.90. The standard InChI is InChI=1S/C32H63O16P.C6H15N/c1-3-4-5-6-7-8-9-10-11-12-13-14-15-16-17-43-19-22(42-2)20-45-49(40,41)48-32-30(39)28(37)26(35)24(47-32)21-44-31-29(38)27(36)25(34)23(18-33)46-31;1-4-7(5-2)6-3/h22-39H,3-21H2,1-2H3,(H,40,41);4-6H2,1-3H3/t22?,23-,24-,25+,26-,27+,28+,29-,30-,31+,32?;/m1./s1. The Bertz CT molecular complexity index is 979. The van der Waals surface area contributed by atoms with Crippen LogP contribution in [0.5, 0.6) is 0 Å². The van der Waals surface area contributed by atoms with E-state index in [1.807, 2.05) is 0 Å². The maximum absolute atomic E-state index is 12.7. The van der Waals surface area contributed by atoms with Gasteiger partial charge in [0.1, 0.15) is 54.9 Å². The zero-order chi connectivity index (χ0) is 41.9. The van der Waals surface area contributed by atoms with Gasteiger partial charge in [0.05, 0.1) is 26.4 Å². The lowest BCUT2D eigenvalue weighted by atomic mass is 9.98. The summed E-state index contributed by atoms with van der Waals surface area (Å²) in [6.45, 7) is 11.2. The topological polar surface area (TPSA) is 247 Å². The second-order valence-corrected chi connectivity index (χ2v) is 16.0. The SMILES string of the molecule is CCCCCCCCCCCCCCCCOCC(COP(=O)(O)OC1O[C@H](CO[C@H]2O[C@H](CO)[C@H](O)[C@H](O)[C@H]2O)[C@@H](O)[C@H](O)[C@H]1O)OC.CCN(CC)CC. The fourth-order valence-corrected chi connectivity index (χ4v) is 7.20. The van der Waals surface area contributed by atoms with Gasteiger partial charge in [-0.05, 0) is 26.1 Å². The van der Waals surface area contributed by atoms with Crippen molar-refractivity contribution in [3.63, 3.8) is 0 Å². The summed E-state index contributed by atoms with van der Waals surface area (Å²) in [5.74, 6) is 0. The third kappa shape index (κ3) is 21.2. The predicted molar refractivity (Wildman–Crippen MR) is 209 cm³/mol. The van der Waals surface area contributed by atoms with Crippen LogP contribution in [0.25, 0.3) is 0 Å². The molecule has 2 fully saturated rings. The van der Waals surface area contributed by atoms with Crippen molar-refractivity contribution in [2.75, 3.05) is 59.8 Å². The van der Waals surface area contributed by atoms with Gasteiger partial charge in [-0.25, -0.2) is 4.57 Å². The number of nitrogens with zero attached hydrogens (tertiary/aromatic N) is 1. The quantitative estimate of drug-likeness (QED) is 0.0383. The molecule has 2 aliphatic rings. The average Bonchev–Trinajstić information content (AvgIpc) is 3.19. The van der Waals surface area contributed by atoms with E-state index in [1.165, 1.54) is 97.4 Å². The van der Waals surface area contributed by atoms with Crippen LogP contribution in [0.2, 0.25) is 0 Å². The molecular formula is C38H78NO16P. The number of phosphoric acid groups is 1. The smallest absolute Gasteiger partial charge is 0.394 e. The molecule has 0 amide bonds. The third-order valence-corrected chi connectivity index (χ3v) is 11.2. The molecule has 336 valence electrons. The Kier molecular flexibility index (Phi) is 30.1. The second-order valence-electron chi connectivity index (χ2n) is 14.6. The average molecular weight is 836 g/mol. The van der Waals surface area contributed by atoms with E-state index in [9.17, 15) is 45.2 Å². The molecule has 2 aliphatic heterocycles. The number of hydrogen-bond acceptors (Lipinski definition) is 16. The van der Waals surface area contributed by atoms with Crippen molar-refractivity contribution in [1.29, 1.82) is 0 Å². The van der Waals surface area contributed by atoms with Crippen molar-refractivity contribution in [3.8, 4) is 0 Å². The molecule has 0 aromatic carbocycles. The van der Waals surface area contributed by atoms with Gasteiger partial charge in [0.25, 0.3) is 0 Å². The number of aliphatic hydroxyl groups excluding tert-OH is 7. The Morgan fingerprint density at radius 3 is 1.55 bits per heavy atom. The van der Waals surface area contributed by atoms with E-state index in [1.54, 1.807) is 0 Å². The summed E-state index contributed by atoms with van der Waals surface area (Å²) in [7, 11) is -3.52. The van der Waals surface area contributed by atoms with Crippen molar-refractivity contribution in [2.45, 2.75) is 185 Å². The van der Waals surface area contributed by atoms with E-state index >= 15 is 0 Å². The van der Waals surface area contributed by atoms with E-state index in [-0.39, 0.29) is 6.61 Å². The van der Waals surface area contributed by atoms with Crippen molar-refractivity contribution in [1.82, 2.24) is 4.90 Å². The van der Waals surface area contributed by atoms with Gasteiger partial charge in [-0.3, -0.25) is 9.05 Å². The number of ether oxygens (including phenoxy) is 5. The molecule has 2 heterocycles. The van der Waals surface area contributed by atoms with Gasteiger partial charge in [0.2, 0.25) is 0 Å². The van der Waals surface area contributed by atoms with Crippen LogP contribution in [-0.2, 0) is 37.3 Å². The monoisotopic (exact) mass is 836 g/mol. The zero-order valence-electron chi connectivity index (χ0n) is 34.6. The molecule has 12 atom stereocenters. The van der Waals surface area contributed by atoms with Gasteiger partial charge in [-0.15, -0.1) is 0 Å². The summed E-state index contributed by atoms with van der Waals surface area (Å²) in [6, 6.07) is 0. The normalized spacial score (nSPS) is 29.8. The number of hydrogen-bond donors (Lipinski definition) is 8. The molecule has 0 aromatic rings. The largest absolute Gasteiger partial charge is 0.474 e. The summed E-state index contributed by atoms with van der Waals surface area (Å²) in [6.07, 6.45) is -0.176. The minimum Gasteiger partial charge on any atom is -0.394 e. The van der Waals surface area contributed by atoms with Crippen molar-refractivity contribution >= 4 is 7.82 Å². The molecule has 18 heteroatoms.